The SMILES string of the molecule is CCCC(Oc1ccc(CNC2CC2)nc1)C(=O)OCC. The number of nitrogens with one attached hydrogen (secondary N) is 1. The molecule has 1 aliphatic rings. The maximum Gasteiger partial charge on any atom is 0.347 e. The van der Waals surface area contributed by atoms with Gasteiger partial charge < -0.3 is 14.8 Å². The van der Waals surface area contributed by atoms with Crippen molar-refractivity contribution >= 4 is 5.97 Å². The van der Waals surface area contributed by atoms with E-state index in [1.165, 1.54) is 12.8 Å². The van der Waals surface area contributed by atoms with Gasteiger partial charge in [-0.25, -0.2) is 4.79 Å². The van der Waals surface area contributed by atoms with Crippen molar-refractivity contribution in [1.29, 1.82) is 0 Å². The lowest BCUT2D eigenvalue weighted by Gasteiger charge is -2.17. The van der Waals surface area contributed by atoms with Crippen LogP contribution in [0.1, 0.15) is 45.2 Å². The van der Waals surface area contributed by atoms with Crippen molar-refractivity contribution in [3.63, 3.8) is 0 Å². The lowest BCUT2D eigenvalue weighted by atomic mass is 10.2. The highest BCUT2D eigenvalue weighted by molar-refractivity contribution is 5.75. The molecule has 0 amide bonds. The maximum atomic E-state index is 11.8. The minimum absolute atomic E-state index is 0.307. The van der Waals surface area contributed by atoms with Gasteiger partial charge >= 0.3 is 5.97 Å². The lowest BCUT2D eigenvalue weighted by molar-refractivity contribution is -0.151. The fraction of sp³-hybridized carbons (Fsp3) is 0.625. The van der Waals surface area contributed by atoms with Crippen molar-refractivity contribution in [2.24, 2.45) is 0 Å². The van der Waals surface area contributed by atoms with Gasteiger partial charge in [0.2, 0.25) is 0 Å². The molecule has 5 nitrogen and oxygen atoms in total. The molecule has 5 heteroatoms. The van der Waals surface area contributed by atoms with Gasteiger partial charge in [-0.3, -0.25) is 4.98 Å². The van der Waals surface area contributed by atoms with E-state index < -0.39 is 6.10 Å². The van der Waals surface area contributed by atoms with Crippen LogP contribution in [-0.4, -0.2) is 29.7 Å². The van der Waals surface area contributed by atoms with E-state index in [9.17, 15) is 4.79 Å². The zero-order chi connectivity index (χ0) is 15.1. The number of carbonyl (C=O) groups excluding carboxylic acids is 1. The molecule has 1 fully saturated rings. The average Bonchev–Trinajstić information content (AvgIpc) is 3.30. The van der Waals surface area contributed by atoms with Crippen molar-refractivity contribution in [3.05, 3.63) is 24.0 Å². The fourth-order valence-corrected chi connectivity index (χ4v) is 2.01. The summed E-state index contributed by atoms with van der Waals surface area (Å²) in [5.41, 5.74) is 0.984. The molecule has 1 unspecified atom stereocenters. The molecule has 0 bridgehead atoms. The van der Waals surface area contributed by atoms with Gasteiger partial charge in [-0.05, 0) is 38.3 Å². The first-order chi connectivity index (χ1) is 10.2. The molecule has 21 heavy (non-hydrogen) atoms. The van der Waals surface area contributed by atoms with Crippen LogP contribution in [0.25, 0.3) is 0 Å². The molecule has 1 aromatic heterocycles. The molecule has 0 radical (unpaired) electrons. The number of aromatic nitrogens is 1. The molecule has 0 saturated heterocycles. The molecule has 0 aromatic carbocycles. The topological polar surface area (TPSA) is 60.5 Å². The number of pyridine rings is 1. The minimum atomic E-state index is -0.549. The maximum absolute atomic E-state index is 11.8. The first kappa shape index (κ1) is 15.8. The average molecular weight is 292 g/mol. The normalized spacial score (nSPS) is 15.5. The van der Waals surface area contributed by atoms with Crippen molar-refractivity contribution in [3.8, 4) is 5.75 Å². The van der Waals surface area contributed by atoms with Gasteiger partial charge in [-0.15, -0.1) is 0 Å². The number of hydrogen-bond donors (Lipinski definition) is 1. The van der Waals surface area contributed by atoms with Crippen molar-refractivity contribution < 1.29 is 14.3 Å². The third-order valence-electron chi connectivity index (χ3n) is 3.33. The number of nitrogens with zero attached hydrogens (tertiary/aromatic N) is 1. The van der Waals surface area contributed by atoms with E-state index in [1.807, 2.05) is 19.1 Å². The molecular weight excluding hydrogens is 268 g/mol. The largest absolute Gasteiger partial charge is 0.477 e. The van der Waals surface area contributed by atoms with Crippen LogP contribution in [0.15, 0.2) is 18.3 Å². The third-order valence-corrected chi connectivity index (χ3v) is 3.33. The van der Waals surface area contributed by atoms with Crippen LogP contribution in [0.4, 0.5) is 0 Å². The summed E-state index contributed by atoms with van der Waals surface area (Å²) in [5, 5.41) is 3.41. The van der Waals surface area contributed by atoms with E-state index in [1.54, 1.807) is 13.1 Å². The molecule has 1 atom stereocenters. The van der Waals surface area contributed by atoms with E-state index in [2.05, 4.69) is 10.3 Å². The van der Waals surface area contributed by atoms with Gasteiger partial charge in [-0.2, -0.15) is 0 Å². The number of carbonyl (C=O) groups is 1. The van der Waals surface area contributed by atoms with Gasteiger partial charge in [0, 0.05) is 12.6 Å². The summed E-state index contributed by atoms with van der Waals surface area (Å²) in [6.45, 7) is 4.96. The first-order valence-electron chi connectivity index (χ1n) is 7.74. The highest BCUT2D eigenvalue weighted by Gasteiger charge is 2.21. The Morgan fingerprint density at radius 1 is 1.43 bits per heavy atom. The zero-order valence-corrected chi connectivity index (χ0v) is 12.8. The second-order valence-corrected chi connectivity index (χ2v) is 5.29. The van der Waals surface area contributed by atoms with Crippen molar-refractivity contribution in [2.75, 3.05) is 6.61 Å². The predicted octanol–water partition coefficient (Wildman–Crippen LogP) is 2.44. The molecular formula is C16H24N2O3. The number of esters is 1. The number of ether oxygens (including phenoxy) is 2. The first-order valence-corrected chi connectivity index (χ1v) is 7.74. The van der Waals surface area contributed by atoms with E-state index >= 15 is 0 Å². The van der Waals surface area contributed by atoms with Gasteiger partial charge in [0.25, 0.3) is 0 Å². The second kappa shape index (κ2) is 7.98. The second-order valence-electron chi connectivity index (χ2n) is 5.29. The van der Waals surface area contributed by atoms with Crippen LogP contribution in [0.5, 0.6) is 5.75 Å². The minimum Gasteiger partial charge on any atom is -0.477 e. The van der Waals surface area contributed by atoms with Crippen molar-refractivity contribution in [1.82, 2.24) is 10.3 Å². The Balaban J connectivity index is 1.87. The Hall–Kier alpha value is -1.62. The third kappa shape index (κ3) is 5.34. The smallest absolute Gasteiger partial charge is 0.347 e. The van der Waals surface area contributed by atoms with Crippen LogP contribution in [0.2, 0.25) is 0 Å². The molecule has 1 N–H and O–H groups in total. The van der Waals surface area contributed by atoms with E-state index in [-0.39, 0.29) is 5.97 Å². The highest BCUT2D eigenvalue weighted by atomic mass is 16.6. The molecule has 1 heterocycles. The molecule has 116 valence electrons. The van der Waals surface area contributed by atoms with Gasteiger partial charge in [-0.1, -0.05) is 13.3 Å². The molecule has 2 rings (SSSR count). The quantitative estimate of drug-likeness (QED) is 0.708. The summed E-state index contributed by atoms with van der Waals surface area (Å²) in [7, 11) is 0. The monoisotopic (exact) mass is 292 g/mol. The van der Waals surface area contributed by atoms with Gasteiger partial charge in [0.1, 0.15) is 5.75 Å². The Labute approximate surface area is 126 Å². The number of rotatable bonds is 9. The summed E-state index contributed by atoms with van der Waals surface area (Å²) >= 11 is 0. The molecule has 1 aromatic rings. The summed E-state index contributed by atoms with van der Waals surface area (Å²) in [6.07, 6.45) is 5.15. The Morgan fingerprint density at radius 2 is 2.24 bits per heavy atom. The van der Waals surface area contributed by atoms with E-state index in [4.69, 9.17) is 9.47 Å². The van der Waals surface area contributed by atoms with Crippen LogP contribution >= 0.6 is 0 Å². The Morgan fingerprint density at radius 3 is 2.81 bits per heavy atom. The van der Waals surface area contributed by atoms with Gasteiger partial charge in [0.15, 0.2) is 6.10 Å². The Kier molecular flexibility index (Phi) is 5.99. The molecule has 1 aliphatic carbocycles. The van der Waals surface area contributed by atoms with Crippen LogP contribution < -0.4 is 10.1 Å². The number of hydrogen-bond acceptors (Lipinski definition) is 5. The summed E-state index contributed by atoms with van der Waals surface area (Å²) < 4.78 is 10.7. The summed E-state index contributed by atoms with van der Waals surface area (Å²) in [5.74, 6) is 0.301. The summed E-state index contributed by atoms with van der Waals surface area (Å²) in [4.78, 5) is 16.2. The Bertz CT molecular complexity index is 443. The standard InChI is InChI=1S/C16H24N2O3/c1-3-5-15(16(19)20-4-2)21-14-9-8-13(18-11-14)10-17-12-6-7-12/h8-9,11-12,15,17H,3-7,10H2,1-2H3. The molecule has 1 saturated carbocycles. The molecule has 0 aliphatic heterocycles. The molecule has 0 spiro atoms. The van der Waals surface area contributed by atoms with Crippen molar-refractivity contribution in [2.45, 2.75) is 58.2 Å². The van der Waals surface area contributed by atoms with E-state index in [0.717, 1.165) is 18.7 Å². The predicted molar refractivity (Wildman–Crippen MR) is 80.1 cm³/mol. The van der Waals surface area contributed by atoms with Gasteiger partial charge in [0.05, 0.1) is 18.5 Å². The summed E-state index contributed by atoms with van der Waals surface area (Å²) in [6, 6.07) is 4.46. The van der Waals surface area contributed by atoms with Crippen LogP contribution in [0.3, 0.4) is 0 Å². The van der Waals surface area contributed by atoms with E-state index in [0.29, 0.717) is 24.8 Å². The van der Waals surface area contributed by atoms with Crippen LogP contribution in [-0.2, 0) is 16.1 Å². The zero-order valence-electron chi connectivity index (χ0n) is 12.8. The highest BCUT2D eigenvalue weighted by Crippen LogP contribution is 2.19. The fourth-order valence-electron chi connectivity index (χ4n) is 2.01. The van der Waals surface area contributed by atoms with Crippen LogP contribution in [0, 0.1) is 0 Å². The lowest BCUT2D eigenvalue weighted by Crippen LogP contribution is -2.29.